The van der Waals surface area contributed by atoms with E-state index in [4.69, 9.17) is 14.5 Å². The van der Waals surface area contributed by atoms with Crippen LogP contribution in [0.25, 0.3) is 28.0 Å². The van der Waals surface area contributed by atoms with Crippen LogP contribution < -0.4 is 9.47 Å². The van der Waals surface area contributed by atoms with Gasteiger partial charge in [-0.2, -0.15) is 0 Å². The fourth-order valence-corrected chi connectivity index (χ4v) is 7.97. The lowest BCUT2D eigenvalue weighted by atomic mass is 9.82. The lowest BCUT2D eigenvalue weighted by Crippen LogP contribution is -2.53. The highest BCUT2D eigenvalue weighted by Gasteiger charge is 2.56. The van der Waals surface area contributed by atoms with E-state index in [0.717, 1.165) is 80.0 Å². The Morgan fingerprint density at radius 1 is 0.717 bits per heavy atom. The highest BCUT2D eigenvalue weighted by Crippen LogP contribution is 2.52. The Bertz CT molecular complexity index is 2200. The Morgan fingerprint density at radius 2 is 1.33 bits per heavy atom. The van der Waals surface area contributed by atoms with Gasteiger partial charge in [0, 0.05) is 16.8 Å². The molecule has 46 heavy (non-hydrogen) atoms. The van der Waals surface area contributed by atoms with Gasteiger partial charge < -0.3 is 27.1 Å². The van der Waals surface area contributed by atoms with Crippen LogP contribution in [0.1, 0.15) is 34.2 Å². The van der Waals surface area contributed by atoms with E-state index in [9.17, 15) is 0 Å². The minimum absolute atomic E-state index is 0.319. The van der Waals surface area contributed by atoms with Crippen LogP contribution in [0.4, 0.5) is 14.4 Å². The first-order valence-electron chi connectivity index (χ1n) is 15.7. The smallest absolute Gasteiger partial charge is 0.497 e. The van der Waals surface area contributed by atoms with Crippen LogP contribution in [-0.2, 0) is 19.3 Å². The van der Waals surface area contributed by atoms with Crippen molar-refractivity contribution < 1.29 is 22.6 Å². The van der Waals surface area contributed by atoms with Crippen LogP contribution in [0.2, 0.25) is 0 Å². The molecule has 0 saturated carbocycles. The van der Waals surface area contributed by atoms with E-state index >= 15 is 8.63 Å². The van der Waals surface area contributed by atoms with E-state index in [-0.39, 0.29) is 0 Å². The maximum atomic E-state index is 18.0. The normalized spacial score (nSPS) is 16.9. The number of halogens is 2. The van der Waals surface area contributed by atoms with E-state index in [1.807, 2.05) is 97.1 Å². The monoisotopic (exact) mass is 609 g/mol. The van der Waals surface area contributed by atoms with Gasteiger partial charge >= 0.3 is 6.97 Å². The van der Waals surface area contributed by atoms with Gasteiger partial charge in [0.25, 0.3) is 5.84 Å². The molecule has 5 nitrogen and oxygen atoms in total. The highest BCUT2D eigenvalue weighted by atomic mass is 19.2. The largest absolute Gasteiger partial charge is 0.642 e. The van der Waals surface area contributed by atoms with Gasteiger partial charge in [-0.1, -0.05) is 60.7 Å². The summed E-state index contributed by atoms with van der Waals surface area (Å²) in [5.74, 6) is 2.08. The Morgan fingerprint density at radius 3 is 2.00 bits per heavy atom. The van der Waals surface area contributed by atoms with Crippen molar-refractivity contribution in [3.05, 3.63) is 130 Å². The van der Waals surface area contributed by atoms with Crippen molar-refractivity contribution in [2.45, 2.75) is 25.7 Å². The molecule has 0 fully saturated rings. The van der Waals surface area contributed by atoms with Crippen molar-refractivity contribution in [2.24, 2.45) is 4.99 Å². The van der Waals surface area contributed by atoms with Crippen LogP contribution in [0, 0.1) is 0 Å². The van der Waals surface area contributed by atoms with Gasteiger partial charge in [0.05, 0.1) is 31.1 Å². The summed E-state index contributed by atoms with van der Waals surface area (Å²) in [6.07, 6.45) is 2.71. The van der Waals surface area contributed by atoms with Crippen molar-refractivity contribution in [3.8, 4) is 33.9 Å². The Balaban J connectivity index is 1.40. The van der Waals surface area contributed by atoms with Crippen LogP contribution in [-0.4, -0.2) is 41.7 Å². The fourth-order valence-electron chi connectivity index (χ4n) is 7.97. The fraction of sp³-hybridized carbons (Fsp3) is 0.158. The predicted octanol–water partition coefficient (Wildman–Crippen LogP) is 8.12. The van der Waals surface area contributed by atoms with Gasteiger partial charge in [-0.25, -0.2) is 0 Å². The standard InChI is InChI=1S/C38H30BF2N3O2/c1-45-27-15-19-29-25(21-27)13-17-31-33(23-9-5-3-6-10-23)37-42-38-34(24-11-7-4-8-12-24)32-18-14-26-22-28(46-2)16-20-30(26)36(32)44(38)39(40,41)43(37)35(29)31/h3-12,15-16,19-22H,13-14,17-18H2,1-2H3. The second-order valence-corrected chi connectivity index (χ2v) is 12.3. The number of benzene rings is 4. The third-order valence-electron chi connectivity index (χ3n) is 9.94. The summed E-state index contributed by atoms with van der Waals surface area (Å²) in [7, 11) is 3.26. The third-order valence-corrected chi connectivity index (χ3v) is 9.94. The molecular formula is C38H30BF2N3O2. The average molecular weight is 609 g/mol. The Labute approximate surface area is 265 Å². The van der Waals surface area contributed by atoms with Gasteiger partial charge in [0.15, 0.2) is 0 Å². The van der Waals surface area contributed by atoms with Gasteiger partial charge in [-0.3, -0.25) is 0 Å². The number of hydrogen-bond acceptors (Lipinski definition) is 3. The molecule has 0 spiro atoms. The number of hydrogen-bond donors (Lipinski definition) is 0. The molecule has 0 N–H and O–H groups in total. The van der Waals surface area contributed by atoms with E-state index in [0.29, 0.717) is 35.9 Å². The molecule has 1 aromatic heterocycles. The number of fused-ring (bicyclic) bond motifs is 9. The lowest BCUT2D eigenvalue weighted by Gasteiger charge is -2.34. The van der Waals surface area contributed by atoms with Crippen LogP contribution in [0.5, 0.6) is 11.5 Å². The molecule has 226 valence electrons. The van der Waals surface area contributed by atoms with Gasteiger partial charge in [-0.15, -0.1) is 0 Å². The maximum Gasteiger partial charge on any atom is 0.642 e. The van der Waals surface area contributed by atoms with Gasteiger partial charge in [0.1, 0.15) is 11.5 Å². The molecule has 3 heterocycles. The van der Waals surface area contributed by atoms with Crippen molar-refractivity contribution in [3.63, 3.8) is 0 Å². The molecule has 2 aliphatic carbocycles. The number of amidine groups is 1. The molecule has 2 aliphatic heterocycles. The summed E-state index contributed by atoms with van der Waals surface area (Å²) < 4.78 is 49.5. The van der Waals surface area contributed by atoms with E-state index in [2.05, 4.69) is 0 Å². The minimum atomic E-state index is -4.39. The second-order valence-electron chi connectivity index (χ2n) is 12.3. The average Bonchev–Trinajstić information content (AvgIpc) is 3.63. The molecule has 0 atom stereocenters. The minimum Gasteiger partial charge on any atom is -0.497 e. The number of aliphatic imine (C=N–C) groups is 1. The van der Waals surface area contributed by atoms with Crippen LogP contribution in [0.3, 0.4) is 0 Å². The molecular weight excluding hydrogens is 579 g/mol. The zero-order valence-corrected chi connectivity index (χ0v) is 25.6. The number of aryl methyl sites for hydroxylation is 2. The molecule has 8 heteroatoms. The van der Waals surface area contributed by atoms with E-state index < -0.39 is 6.97 Å². The first-order valence-corrected chi connectivity index (χ1v) is 15.7. The summed E-state index contributed by atoms with van der Waals surface area (Å²) in [6.45, 7) is -4.39. The quantitative estimate of drug-likeness (QED) is 0.193. The number of rotatable bonds is 4. The van der Waals surface area contributed by atoms with Gasteiger partial charge in [-0.05, 0) is 100 Å². The number of aromatic nitrogens is 1. The van der Waals surface area contributed by atoms with Gasteiger partial charge in [0.2, 0.25) is 5.82 Å². The molecule has 0 bridgehead atoms. The zero-order valence-electron chi connectivity index (χ0n) is 25.6. The number of methoxy groups -OCH3 is 2. The molecule has 9 rings (SSSR count). The van der Waals surface area contributed by atoms with Crippen LogP contribution in [0.15, 0.2) is 108 Å². The topological polar surface area (TPSA) is 38.8 Å². The number of allylic oxidation sites excluding steroid dienone is 1. The summed E-state index contributed by atoms with van der Waals surface area (Å²) in [5.41, 5.74) is 9.89. The van der Waals surface area contributed by atoms with E-state index in [1.54, 1.807) is 14.2 Å². The summed E-state index contributed by atoms with van der Waals surface area (Å²) >= 11 is 0. The van der Waals surface area contributed by atoms with Crippen molar-refractivity contribution >= 4 is 29.9 Å². The maximum absolute atomic E-state index is 18.0. The molecule has 0 saturated heterocycles. The number of nitrogens with zero attached hydrogens (tertiary/aromatic N) is 3. The molecule has 4 aliphatic rings. The third kappa shape index (κ3) is 3.67. The first-order chi connectivity index (χ1) is 22.5. The Hall–Kier alpha value is -5.24. The molecule has 4 aromatic carbocycles. The molecule has 0 unspecified atom stereocenters. The van der Waals surface area contributed by atoms with Crippen molar-refractivity contribution in [1.82, 2.24) is 4.48 Å². The Kier molecular flexibility index (Phi) is 5.82. The second kappa shape index (κ2) is 9.88. The summed E-state index contributed by atoms with van der Waals surface area (Å²) in [6, 6.07) is 31.3. The molecule has 0 amide bonds. The lowest BCUT2D eigenvalue weighted by molar-refractivity contribution is -0.291. The highest BCUT2D eigenvalue weighted by molar-refractivity contribution is 6.63. The number of ether oxygens (including phenoxy) is 2. The molecule has 0 radical (unpaired) electrons. The van der Waals surface area contributed by atoms with Crippen molar-refractivity contribution in [2.75, 3.05) is 14.2 Å². The van der Waals surface area contributed by atoms with E-state index in [1.165, 1.54) is 8.96 Å². The molecule has 5 aromatic rings. The first kappa shape index (κ1) is 27.1. The predicted molar refractivity (Wildman–Crippen MR) is 179 cm³/mol. The summed E-state index contributed by atoms with van der Waals surface area (Å²) in [4.78, 5) is 5.29. The SMILES string of the molecule is COc1ccc2c(c1)CCC1=C(c3ccccc3)C3=Nc4c(-c5ccccc5)c5c(n4[B-](F)(F)[N+]3=C12)-c1ccc(OC)cc1CC5. The summed E-state index contributed by atoms with van der Waals surface area (Å²) in [5, 5.41) is 0. The van der Waals surface area contributed by atoms with Crippen LogP contribution >= 0.6 is 0 Å². The van der Waals surface area contributed by atoms with Crippen molar-refractivity contribution in [1.29, 1.82) is 0 Å². The zero-order chi connectivity index (χ0) is 31.2.